The number of hydrogen-bond acceptors (Lipinski definition) is 18. The average Bonchev–Trinajstić information content (AvgIpc) is 3.95. The molecule has 2 fully saturated rings. The van der Waals surface area contributed by atoms with Crippen LogP contribution >= 0.6 is 11.6 Å². The SMILES string of the molecule is C.CN1c2nc(Cl)ncc2OCC12CCOCC2.COc1cc(N)cnc1-n1cnc(C)c1.COc1cc(Nc2ncc3c(n2)N(C)C2(CCOCC2)CO3)cnc1-n1cnc(C)c1. The molecule has 2 saturated heterocycles. The highest BCUT2D eigenvalue weighted by atomic mass is 35.5. The second-order valence-electron chi connectivity index (χ2n) is 15.6. The number of nitrogens with one attached hydrogen (secondary N) is 1. The molecule has 0 amide bonds. The van der Waals surface area contributed by atoms with Crippen molar-refractivity contribution >= 4 is 40.6 Å². The number of fused-ring (bicyclic) bond motifs is 2. The normalized spacial score (nSPS) is 16.6. The van der Waals surface area contributed by atoms with E-state index in [-0.39, 0.29) is 23.8 Å². The van der Waals surface area contributed by atoms with Crippen LogP contribution in [0.25, 0.3) is 11.6 Å². The summed E-state index contributed by atoms with van der Waals surface area (Å²) < 4.78 is 37.1. The van der Waals surface area contributed by atoms with E-state index in [1.807, 2.05) is 43.9 Å². The molecule has 0 aliphatic carbocycles. The third kappa shape index (κ3) is 9.53. The number of rotatable bonds is 6. The van der Waals surface area contributed by atoms with E-state index in [0.29, 0.717) is 59.5 Å². The number of anilines is 5. The fraction of sp³-hybridized carbons (Fsp3) is 0.442. The van der Waals surface area contributed by atoms with Gasteiger partial charge >= 0.3 is 0 Å². The predicted octanol–water partition coefficient (Wildman–Crippen LogP) is 5.81. The Hall–Kier alpha value is -6.51. The molecule has 64 heavy (non-hydrogen) atoms. The number of nitrogens with two attached hydrogens (primary N) is 1. The third-order valence-electron chi connectivity index (χ3n) is 11.6. The van der Waals surface area contributed by atoms with Crippen LogP contribution in [0.5, 0.6) is 23.0 Å². The van der Waals surface area contributed by atoms with Gasteiger partial charge in [-0.3, -0.25) is 9.13 Å². The topological polar surface area (TPSA) is 213 Å². The van der Waals surface area contributed by atoms with Crippen LogP contribution in [-0.2, 0) is 9.47 Å². The van der Waals surface area contributed by atoms with E-state index in [1.54, 1.807) is 62.3 Å². The summed E-state index contributed by atoms with van der Waals surface area (Å²) >= 11 is 5.84. The zero-order chi connectivity index (χ0) is 44.1. The van der Waals surface area contributed by atoms with Gasteiger partial charge < -0.3 is 49.3 Å². The molecule has 4 aliphatic heterocycles. The molecule has 2 spiro atoms. The van der Waals surface area contributed by atoms with Crippen LogP contribution in [0.2, 0.25) is 5.28 Å². The molecular weight excluding hydrogens is 844 g/mol. The molecule has 0 radical (unpaired) electrons. The van der Waals surface area contributed by atoms with Crippen molar-refractivity contribution in [3.05, 3.63) is 78.6 Å². The minimum Gasteiger partial charge on any atom is -0.493 e. The molecule has 6 aromatic heterocycles. The number of aromatic nitrogens is 10. The number of ether oxygens (including phenoxy) is 6. The van der Waals surface area contributed by atoms with Crippen LogP contribution in [0, 0.1) is 13.8 Å². The lowest BCUT2D eigenvalue weighted by Gasteiger charge is -2.47. The Labute approximate surface area is 377 Å². The maximum atomic E-state index is 6.00. The van der Waals surface area contributed by atoms with E-state index < -0.39 is 0 Å². The maximum absolute atomic E-state index is 6.00. The Bertz CT molecular complexity index is 2530. The van der Waals surface area contributed by atoms with Gasteiger partial charge in [0.2, 0.25) is 11.2 Å². The first-order valence-electron chi connectivity index (χ1n) is 20.4. The predicted molar refractivity (Wildman–Crippen MR) is 242 cm³/mol. The van der Waals surface area contributed by atoms with Gasteiger partial charge in [0.25, 0.3) is 0 Å². The number of aryl methyl sites for hydroxylation is 2. The van der Waals surface area contributed by atoms with Gasteiger partial charge in [-0.2, -0.15) is 9.97 Å². The number of likely N-dealkylation sites (N-methyl/N-ethyl adjacent to an activating group) is 2. The summed E-state index contributed by atoms with van der Waals surface area (Å²) in [7, 11) is 7.30. The molecule has 4 aliphatic rings. The van der Waals surface area contributed by atoms with Gasteiger partial charge in [-0.15, -0.1) is 0 Å². The van der Waals surface area contributed by atoms with Crippen LogP contribution in [0.4, 0.5) is 29.0 Å². The fourth-order valence-electron chi connectivity index (χ4n) is 7.83. The van der Waals surface area contributed by atoms with Gasteiger partial charge in [-0.25, -0.2) is 29.9 Å². The van der Waals surface area contributed by atoms with Gasteiger partial charge in [0.1, 0.15) is 25.9 Å². The first-order chi connectivity index (χ1) is 30.5. The lowest BCUT2D eigenvalue weighted by Crippen LogP contribution is -2.57. The van der Waals surface area contributed by atoms with Gasteiger partial charge in [-0.1, -0.05) is 7.43 Å². The van der Waals surface area contributed by atoms with Crippen molar-refractivity contribution in [2.24, 2.45) is 0 Å². The Kier molecular flexibility index (Phi) is 13.9. The Morgan fingerprint density at radius 3 is 1.67 bits per heavy atom. The van der Waals surface area contributed by atoms with E-state index in [1.165, 1.54) is 0 Å². The van der Waals surface area contributed by atoms with E-state index in [9.17, 15) is 0 Å². The molecule has 0 bridgehead atoms. The van der Waals surface area contributed by atoms with Crippen molar-refractivity contribution in [1.29, 1.82) is 0 Å². The fourth-order valence-corrected chi connectivity index (χ4v) is 7.96. The molecule has 3 N–H and O–H groups in total. The highest BCUT2D eigenvalue weighted by molar-refractivity contribution is 6.28. The zero-order valence-electron chi connectivity index (χ0n) is 36.1. The second kappa shape index (κ2) is 19.5. The Morgan fingerprint density at radius 1 is 0.656 bits per heavy atom. The van der Waals surface area contributed by atoms with Crippen LogP contribution in [0.1, 0.15) is 44.5 Å². The first-order valence-corrected chi connectivity index (χ1v) is 20.8. The molecular formula is C43H55ClN14O6. The van der Waals surface area contributed by atoms with Crippen molar-refractivity contribution in [3.8, 4) is 34.6 Å². The lowest BCUT2D eigenvalue weighted by molar-refractivity contribution is 0.0264. The van der Waals surface area contributed by atoms with Crippen molar-refractivity contribution in [1.82, 2.24) is 49.0 Å². The number of pyridine rings is 2. The van der Waals surface area contributed by atoms with Crippen LogP contribution in [0.3, 0.4) is 0 Å². The standard InChI is InChI=1S/C21H25N7O3.C11H14ClN3O2.C10H12N4O.CH4/c1-14-11-28(13-24-14)18-16(29-3)8-15(9-22-18)25-20-23-10-17-19(26-20)27(2)21(12-31-17)4-6-30-7-5-21;1-15-9-8(6-13-10(12)14-9)17-7-11(15)2-4-16-5-3-11;1-7-5-14(6-13-7)10-9(15-2)3-8(11)4-12-10;/h8-11,13H,4-7,12H2,1-3H3,(H,23,25,26);6H,2-5,7H2,1H3;3-6H,11H2,1-2H3;1H4. The second-order valence-corrected chi connectivity index (χ2v) is 15.9. The quantitative estimate of drug-likeness (QED) is 0.189. The minimum atomic E-state index is -0.0910. The summed E-state index contributed by atoms with van der Waals surface area (Å²) in [5.41, 5.74) is 8.64. The third-order valence-corrected chi connectivity index (χ3v) is 11.8. The number of imidazole rings is 2. The van der Waals surface area contributed by atoms with Gasteiger partial charge in [0.15, 0.2) is 46.3 Å². The van der Waals surface area contributed by atoms with Crippen molar-refractivity contribution in [3.63, 3.8) is 0 Å². The largest absolute Gasteiger partial charge is 0.493 e. The van der Waals surface area contributed by atoms with Crippen molar-refractivity contribution in [2.45, 2.75) is 58.0 Å². The summed E-state index contributed by atoms with van der Waals surface area (Å²) in [4.78, 5) is 38.8. The van der Waals surface area contributed by atoms with E-state index in [0.717, 1.165) is 80.8 Å². The highest BCUT2D eigenvalue weighted by Gasteiger charge is 2.44. The van der Waals surface area contributed by atoms with E-state index in [2.05, 4.69) is 57.1 Å². The van der Waals surface area contributed by atoms with Gasteiger partial charge in [-0.05, 0) is 51.1 Å². The summed E-state index contributed by atoms with van der Waals surface area (Å²) in [6, 6.07) is 3.60. The molecule has 6 aromatic rings. The molecule has 10 rings (SSSR count). The lowest BCUT2D eigenvalue weighted by atomic mass is 9.88. The number of nitrogens with zero attached hydrogens (tertiary/aromatic N) is 12. The first kappa shape index (κ1) is 45.5. The molecule has 0 unspecified atom stereocenters. The number of methoxy groups -OCH3 is 2. The summed E-state index contributed by atoms with van der Waals surface area (Å²) in [5.74, 6) is 6.00. The highest BCUT2D eigenvalue weighted by Crippen LogP contribution is 2.42. The number of halogens is 1. The zero-order valence-corrected chi connectivity index (χ0v) is 36.9. The summed E-state index contributed by atoms with van der Waals surface area (Å²) in [6.07, 6.45) is 17.5. The van der Waals surface area contributed by atoms with Gasteiger partial charge in [0.05, 0.1) is 72.8 Å². The number of nitrogen functional groups attached to an aromatic ring is 1. The molecule has 0 atom stereocenters. The van der Waals surface area contributed by atoms with Crippen LogP contribution in [0.15, 0.2) is 62.0 Å². The van der Waals surface area contributed by atoms with Crippen LogP contribution < -0.4 is 39.8 Å². The Balaban J connectivity index is 0.000000157. The van der Waals surface area contributed by atoms with E-state index >= 15 is 0 Å². The van der Waals surface area contributed by atoms with Crippen LogP contribution in [-0.4, -0.2) is 128 Å². The molecule has 0 saturated carbocycles. The number of hydrogen-bond donors (Lipinski definition) is 2. The molecule has 10 heterocycles. The Morgan fingerprint density at radius 2 is 1.16 bits per heavy atom. The average molecular weight is 899 g/mol. The molecule has 20 nitrogen and oxygen atoms in total. The maximum Gasteiger partial charge on any atom is 0.229 e. The molecule has 0 aromatic carbocycles. The smallest absolute Gasteiger partial charge is 0.229 e. The van der Waals surface area contributed by atoms with Crippen molar-refractivity contribution in [2.75, 3.05) is 88.8 Å². The molecule has 21 heteroatoms. The van der Waals surface area contributed by atoms with E-state index in [4.69, 9.17) is 50.7 Å². The minimum absolute atomic E-state index is 0. The monoisotopic (exact) mass is 898 g/mol. The molecule has 340 valence electrons. The van der Waals surface area contributed by atoms with Gasteiger partial charge in [0, 0.05) is 65.0 Å². The summed E-state index contributed by atoms with van der Waals surface area (Å²) in [5, 5.41) is 3.48. The summed E-state index contributed by atoms with van der Waals surface area (Å²) in [6.45, 7) is 8.11. The van der Waals surface area contributed by atoms with Crippen molar-refractivity contribution < 1.29 is 28.4 Å².